The van der Waals surface area contributed by atoms with Crippen molar-refractivity contribution in [1.82, 2.24) is 24.6 Å². The quantitative estimate of drug-likeness (QED) is 0.781. The van der Waals surface area contributed by atoms with Gasteiger partial charge in [0.15, 0.2) is 0 Å². The zero-order valence-corrected chi connectivity index (χ0v) is 9.71. The molecule has 17 heavy (non-hydrogen) atoms. The number of aryl methyl sites for hydroxylation is 1. The van der Waals surface area contributed by atoms with E-state index in [4.69, 9.17) is 5.73 Å². The second-order valence-corrected chi connectivity index (χ2v) is 3.82. The first-order chi connectivity index (χ1) is 8.08. The van der Waals surface area contributed by atoms with Gasteiger partial charge in [0.25, 0.3) is 5.91 Å². The van der Waals surface area contributed by atoms with E-state index in [1.54, 1.807) is 18.1 Å². The molecule has 1 amide bonds. The number of rotatable bonds is 3. The molecule has 0 spiro atoms. The summed E-state index contributed by atoms with van der Waals surface area (Å²) in [7, 11) is 3.59. The van der Waals surface area contributed by atoms with Gasteiger partial charge in [-0.05, 0) is 0 Å². The Kier molecular flexibility index (Phi) is 2.82. The van der Waals surface area contributed by atoms with E-state index in [-0.39, 0.29) is 5.91 Å². The van der Waals surface area contributed by atoms with Crippen LogP contribution in [0.5, 0.6) is 0 Å². The third-order valence-corrected chi connectivity index (χ3v) is 2.47. The number of hydrogen-bond donors (Lipinski definition) is 2. The Balaban J connectivity index is 2.08. The Morgan fingerprint density at radius 1 is 1.65 bits per heavy atom. The van der Waals surface area contributed by atoms with E-state index in [0.29, 0.717) is 18.1 Å². The van der Waals surface area contributed by atoms with Gasteiger partial charge in [-0.1, -0.05) is 0 Å². The van der Waals surface area contributed by atoms with E-state index < -0.39 is 0 Å². The lowest BCUT2D eigenvalue weighted by atomic mass is 10.3. The fraction of sp³-hybridized carbons (Fsp3) is 0.300. The molecule has 2 heterocycles. The number of aromatic nitrogens is 4. The number of carbonyl (C=O) groups excluding carboxylic acids is 1. The van der Waals surface area contributed by atoms with Gasteiger partial charge in [-0.3, -0.25) is 9.89 Å². The average Bonchev–Trinajstić information content (AvgIpc) is 2.88. The van der Waals surface area contributed by atoms with Gasteiger partial charge in [-0.25, -0.2) is 4.98 Å². The van der Waals surface area contributed by atoms with Gasteiger partial charge in [-0.2, -0.15) is 5.10 Å². The van der Waals surface area contributed by atoms with Crippen LogP contribution in [0.4, 0.5) is 5.82 Å². The molecule has 0 saturated heterocycles. The molecule has 3 N–H and O–H groups in total. The Bertz CT molecular complexity index is 528. The standard InChI is InChI=1S/C10H14N6O/c1-15-4-3-12-9(15)6-16(2)10(17)7-5-8(11)14-13-7/h3-5H,6H2,1-2H3,(H3,11,13,14). The Hall–Kier alpha value is -2.31. The van der Waals surface area contributed by atoms with E-state index in [9.17, 15) is 4.79 Å². The Morgan fingerprint density at radius 3 is 2.94 bits per heavy atom. The van der Waals surface area contributed by atoms with E-state index in [1.807, 2.05) is 17.8 Å². The van der Waals surface area contributed by atoms with Crippen LogP contribution < -0.4 is 5.73 Å². The number of amides is 1. The summed E-state index contributed by atoms with van der Waals surface area (Å²) in [4.78, 5) is 17.7. The molecule has 0 saturated carbocycles. The molecule has 0 aromatic carbocycles. The highest BCUT2D eigenvalue weighted by Gasteiger charge is 2.15. The molecule has 2 aromatic rings. The summed E-state index contributed by atoms with van der Waals surface area (Å²) in [5.74, 6) is 0.948. The number of hydrogen-bond acceptors (Lipinski definition) is 4. The van der Waals surface area contributed by atoms with E-state index >= 15 is 0 Å². The lowest BCUT2D eigenvalue weighted by Crippen LogP contribution is -2.27. The maximum atomic E-state index is 12.0. The summed E-state index contributed by atoms with van der Waals surface area (Å²) in [5, 5.41) is 6.31. The molecule has 7 heteroatoms. The molecule has 7 nitrogen and oxygen atoms in total. The van der Waals surface area contributed by atoms with Gasteiger partial charge in [-0.15, -0.1) is 0 Å². The lowest BCUT2D eigenvalue weighted by Gasteiger charge is -2.15. The molecule has 0 radical (unpaired) electrons. The first-order valence-corrected chi connectivity index (χ1v) is 5.10. The van der Waals surface area contributed by atoms with Crippen molar-refractivity contribution in [2.75, 3.05) is 12.8 Å². The monoisotopic (exact) mass is 234 g/mol. The summed E-state index contributed by atoms with van der Waals surface area (Å²) in [6.07, 6.45) is 3.53. The van der Waals surface area contributed by atoms with E-state index in [0.717, 1.165) is 5.82 Å². The minimum absolute atomic E-state index is 0.169. The smallest absolute Gasteiger partial charge is 0.272 e. The van der Waals surface area contributed by atoms with Crippen LogP contribution >= 0.6 is 0 Å². The topological polar surface area (TPSA) is 92.8 Å². The van der Waals surface area contributed by atoms with Crippen LogP contribution in [0.25, 0.3) is 0 Å². The van der Waals surface area contributed by atoms with Crippen LogP contribution in [0.3, 0.4) is 0 Å². The number of nitrogen functional groups attached to an aromatic ring is 1. The molecule has 0 aliphatic carbocycles. The molecule has 0 fully saturated rings. The molecule has 0 bridgehead atoms. The van der Waals surface area contributed by atoms with Crippen LogP contribution in [0.2, 0.25) is 0 Å². The van der Waals surface area contributed by atoms with Crippen molar-refractivity contribution in [3.63, 3.8) is 0 Å². The lowest BCUT2D eigenvalue weighted by molar-refractivity contribution is 0.0774. The van der Waals surface area contributed by atoms with Crippen molar-refractivity contribution < 1.29 is 4.79 Å². The average molecular weight is 234 g/mol. The minimum Gasteiger partial charge on any atom is -0.382 e. The number of anilines is 1. The summed E-state index contributed by atoms with van der Waals surface area (Å²) in [6.45, 7) is 0.432. The van der Waals surface area contributed by atoms with Gasteiger partial charge in [0, 0.05) is 32.6 Å². The predicted octanol–water partition coefficient (Wildman–Crippen LogP) is -0.00240. The molecule has 0 atom stereocenters. The summed E-state index contributed by atoms with van der Waals surface area (Å²) >= 11 is 0. The third-order valence-electron chi connectivity index (χ3n) is 2.47. The predicted molar refractivity (Wildman–Crippen MR) is 62.0 cm³/mol. The molecule has 2 aromatic heterocycles. The van der Waals surface area contributed by atoms with Crippen molar-refractivity contribution in [2.45, 2.75) is 6.54 Å². The number of aromatic amines is 1. The van der Waals surface area contributed by atoms with Gasteiger partial charge >= 0.3 is 0 Å². The number of imidazole rings is 1. The van der Waals surface area contributed by atoms with E-state index in [1.165, 1.54) is 6.07 Å². The number of nitrogens with two attached hydrogens (primary N) is 1. The zero-order chi connectivity index (χ0) is 12.4. The summed E-state index contributed by atoms with van der Waals surface area (Å²) < 4.78 is 1.87. The van der Waals surface area contributed by atoms with Gasteiger partial charge in [0.2, 0.25) is 0 Å². The maximum absolute atomic E-state index is 12.0. The molecular formula is C10H14N6O. The van der Waals surface area contributed by atoms with Crippen molar-refractivity contribution in [1.29, 1.82) is 0 Å². The van der Waals surface area contributed by atoms with Gasteiger partial charge < -0.3 is 15.2 Å². The van der Waals surface area contributed by atoms with Crippen LogP contribution in [-0.2, 0) is 13.6 Å². The highest BCUT2D eigenvalue weighted by atomic mass is 16.2. The van der Waals surface area contributed by atoms with Crippen LogP contribution in [0.15, 0.2) is 18.5 Å². The first-order valence-electron chi connectivity index (χ1n) is 5.10. The molecule has 90 valence electrons. The summed E-state index contributed by atoms with van der Waals surface area (Å²) in [6, 6.07) is 1.51. The summed E-state index contributed by atoms with van der Waals surface area (Å²) in [5.41, 5.74) is 5.82. The Labute approximate surface area is 98.2 Å². The fourth-order valence-corrected chi connectivity index (χ4v) is 1.49. The SMILES string of the molecule is CN(Cc1nccn1C)C(=O)c1cc(N)n[nH]1. The first kappa shape index (κ1) is 11.2. The molecule has 0 aliphatic rings. The zero-order valence-electron chi connectivity index (χ0n) is 9.71. The third kappa shape index (κ3) is 2.27. The normalized spacial score (nSPS) is 10.5. The minimum atomic E-state index is -0.169. The number of carbonyl (C=O) groups is 1. The molecule has 0 aliphatic heterocycles. The number of nitrogens with zero attached hydrogens (tertiary/aromatic N) is 4. The largest absolute Gasteiger partial charge is 0.382 e. The molecular weight excluding hydrogens is 220 g/mol. The van der Waals surface area contributed by atoms with Crippen molar-refractivity contribution >= 4 is 11.7 Å². The van der Waals surface area contributed by atoms with Crippen LogP contribution in [0.1, 0.15) is 16.3 Å². The van der Waals surface area contributed by atoms with Crippen LogP contribution in [0, 0.1) is 0 Å². The number of nitrogens with one attached hydrogen (secondary N) is 1. The highest BCUT2D eigenvalue weighted by Crippen LogP contribution is 2.06. The second-order valence-electron chi connectivity index (χ2n) is 3.82. The second kappa shape index (κ2) is 4.28. The molecule has 0 unspecified atom stereocenters. The van der Waals surface area contributed by atoms with Crippen molar-refractivity contribution in [2.24, 2.45) is 7.05 Å². The Morgan fingerprint density at radius 2 is 2.41 bits per heavy atom. The van der Waals surface area contributed by atoms with Gasteiger partial charge in [0.05, 0.1) is 6.54 Å². The van der Waals surface area contributed by atoms with Gasteiger partial charge in [0.1, 0.15) is 17.3 Å². The van der Waals surface area contributed by atoms with E-state index in [2.05, 4.69) is 15.2 Å². The molecule has 2 rings (SSSR count). The highest BCUT2D eigenvalue weighted by molar-refractivity contribution is 5.92. The van der Waals surface area contributed by atoms with Crippen molar-refractivity contribution in [3.05, 3.63) is 30.0 Å². The van der Waals surface area contributed by atoms with Crippen LogP contribution in [-0.4, -0.2) is 37.6 Å². The number of H-pyrrole nitrogens is 1. The fourth-order valence-electron chi connectivity index (χ4n) is 1.49. The maximum Gasteiger partial charge on any atom is 0.272 e. The van der Waals surface area contributed by atoms with Crippen molar-refractivity contribution in [3.8, 4) is 0 Å².